The summed E-state index contributed by atoms with van der Waals surface area (Å²) < 4.78 is 0. The van der Waals surface area contributed by atoms with Gasteiger partial charge in [0.05, 0.1) is 11.4 Å². The van der Waals surface area contributed by atoms with Gasteiger partial charge < -0.3 is 9.80 Å². The molecule has 1 aromatic rings. The Bertz CT molecular complexity index is 399. The molecule has 3 nitrogen and oxygen atoms in total. The van der Waals surface area contributed by atoms with Crippen LogP contribution in [-0.4, -0.2) is 25.5 Å². The van der Waals surface area contributed by atoms with Gasteiger partial charge in [-0.2, -0.15) is 0 Å². The van der Waals surface area contributed by atoms with Crippen LogP contribution in [-0.2, 0) is 4.79 Å². The number of rotatable bonds is 4. The van der Waals surface area contributed by atoms with Gasteiger partial charge in [-0.25, -0.2) is 0 Å². The molecule has 0 saturated carbocycles. The summed E-state index contributed by atoms with van der Waals surface area (Å²) in [5.74, 6) is 0.254. The topological polar surface area (TPSA) is 23.6 Å². The predicted octanol–water partition coefficient (Wildman–Crippen LogP) is 2.66. The van der Waals surface area contributed by atoms with Crippen molar-refractivity contribution in [3.05, 3.63) is 24.3 Å². The Balaban J connectivity index is 2.36. The summed E-state index contributed by atoms with van der Waals surface area (Å²) in [6.45, 7) is 7.08. The average molecular weight is 232 g/mol. The van der Waals surface area contributed by atoms with Crippen LogP contribution in [0.4, 0.5) is 11.4 Å². The van der Waals surface area contributed by atoms with Crippen molar-refractivity contribution in [2.45, 2.75) is 26.7 Å². The van der Waals surface area contributed by atoms with Gasteiger partial charge in [0.2, 0.25) is 5.91 Å². The van der Waals surface area contributed by atoms with Crippen molar-refractivity contribution in [2.24, 2.45) is 0 Å². The molecule has 0 aromatic heterocycles. The number of carbonyl (C=O) groups excluding carboxylic acids is 1. The first-order valence-corrected chi connectivity index (χ1v) is 6.42. The van der Waals surface area contributed by atoms with Crippen molar-refractivity contribution in [3.63, 3.8) is 0 Å². The fraction of sp³-hybridized carbons (Fsp3) is 0.500. The van der Waals surface area contributed by atoms with Crippen molar-refractivity contribution in [2.75, 3.05) is 29.4 Å². The molecule has 1 saturated heterocycles. The van der Waals surface area contributed by atoms with Crippen molar-refractivity contribution >= 4 is 17.3 Å². The highest BCUT2D eigenvalue weighted by molar-refractivity contribution is 5.98. The number of hydrogen-bond acceptors (Lipinski definition) is 2. The summed E-state index contributed by atoms with van der Waals surface area (Å²) in [6.07, 6.45) is 1.66. The minimum Gasteiger partial charge on any atom is -0.370 e. The fourth-order valence-electron chi connectivity index (χ4n) is 2.43. The second-order valence-corrected chi connectivity index (χ2v) is 4.31. The number of amides is 1. The standard InChI is InChI=1S/C14H20N2O/c1-3-15(4-2)12-8-5-6-9-13(12)16-11-7-10-14(16)17/h5-6,8-9H,3-4,7,10-11H2,1-2H3. The highest BCUT2D eigenvalue weighted by Gasteiger charge is 2.24. The molecule has 17 heavy (non-hydrogen) atoms. The maximum Gasteiger partial charge on any atom is 0.227 e. The lowest BCUT2D eigenvalue weighted by Gasteiger charge is -2.27. The van der Waals surface area contributed by atoms with E-state index < -0.39 is 0 Å². The SMILES string of the molecule is CCN(CC)c1ccccc1N1CCCC1=O. The third kappa shape index (κ3) is 2.28. The van der Waals surface area contributed by atoms with E-state index in [-0.39, 0.29) is 5.91 Å². The number of hydrogen-bond donors (Lipinski definition) is 0. The number of para-hydroxylation sites is 2. The minimum atomic E-state index is 0.254. The molecule has 92 valence electrons. The van der Waals surface area contributed by atoms with E-state index in [0.717, 1.165) is 31.7 Å². The number of nitrogens with zero attached hydrogens (tertiary/aromatic N) is 2. The Morgan fingerprint density at radius 2 is 1.94 bits per heavy atom. The summed E-state index contributed by atoms with van der Waals surface area (Å²) in [5, 5.41) is 0. The lowest BCUT2D eigenvalue weighted by atomic mass is 10.2. The zero-order chi connectivity index (χ0) is 12.3. The van der Waals surface area contributed by atoms with E-state index in [9.17, 15) is 4.79 Å². The number of carbonyl (C=O) groups is 1. The molecule has 1 aliphatic rings. The third-order valence-corrected chi connectivity index (χ3v) is 3.35. The van der Waals surface area contributed by atoms with E-state index in [1.54, 1.807) is 0 Å². The van der Waals surface area contributed by atoms with Crippen LogP contribution in [0.25, 0.3) is 0 Å². The first-order chi connectivity index (χ1) is 8.27. The van der Waals surface area contributed by atoms with Gasteiger partial charge in [0, 0.05) is 26.1 Å². The van der Waals surface area contributed by atoms with Crippen LogP contribution in [0.3, 0.4) is 0 Å². The van der Waals surface area contributed by atoms with Gasteiger partial charge in [-0.3, -0.25) is 4.79 Å². The Labute approximate surface area is 103 Å². The van der Waals surface area contributed by atoms with E-state index in [0.29, 0.717) is 6.42 Å². The maximum absolute atomic E-state index is 11.8. The normalized spacial score (nSPS) is 15.4. The van der Waals surface area contributed by atoms with Crippen LogP contribution in [0.15, 0.2) is 24.3 Å². The molecule has 0 unspecified atom stereocenters. The molecule has 2 rings (SSSR count). The number of anilines is 2. The van der Waals surface area contributed by atoms with Crippen molar-refractivity contribution in [1.82, 2.24) is 0 Å². The highest BCUT2D eigenvalue weighted by atomic mass is 16.2. The molecule has 1 heterocycles. The van der Waals surface area contributed by atoms with E-state index >= 15 is 0 Å². The van der Waals surface area contributed by atoms with Gasteiger partial charge in [0.25, 0.3) is 0 Å². The molecule has 1 aromatic carbocycles. The molecule has 0 N–H and O–H groups in total. The summed E-state index contributed by atoms with van der Waals surface area (Å²) in [7, 11) is 0. The first kappa shape index (κ1) is 12.0. The molecule has 0 atom stereocenters. The summed E-state index contributed by atoms with van der Waals surface area (Å²) in [6, 6.07) is 8.20. The van der Waals surface area contributed by atoms with Crippen LogP contribution >= 0.6 is 0 Å². The lowest BCUT2D eigenvalue weighted by molar-refractivity contribution is -0.117. The first-order valence-electron chi connectivity index (χ1n) is 6.42. The highest BCUT2D eigenvalue weighted by Crippen LogP contribution is 2.31. The van der Waals surface area contributed by atoms with Gasteiger partial charge in [0.15, 0.2) is 0 Å². The second kappa shape index (κ2) is 5.21. The molecule has 0 radical (unpaired) electrons. The largest absolute Gasteiger partial charge is 0.370 e. The maximum atomic E-state index is 11.8. The van der Waals surface area contributed by atoms with Gasteiger partial charge in [-0.15, -0.1) is 0 Å². The molecule has 1 amide bonds. The minimum absolute atomic E-state index is 0.254. The Kier molecular flexibility index (Phi) is 3.67. The zero-order valence-corrected chi connectivity index (χ0v) is 10.6. The molecular weight excluding hydrogens is 212 g/mol. The van der Waals surface area contributed by atoms with E-state index in [1.165, 1.54) is 5.69 Å². The van der Waals surface area contributed by atoms with Crippen molar-refractivity contribution in [1.29, 1.82) is 0 Å². The Morgan fingerprint density at radius 1 is 1.24 bits per heavy atom. The van der Waals surface area contributed by atoms with Gasteiger partial charge in [0.1, 0.15) is 0 Å². The van der Waals surface area contributed by atoms with Crippen LogP contribution in [0.5, 0.6) is 0 Å². The molecular formula is C14H20N2O. The lowest BCUT2D eigenvalue weighted by Crippen LogP contribution is -2.29. The van der Waals surface area contributed by atoms with E-state index in [1.807, 2.05) is 17.0 Å². The summed E-state index contributed by atoms with van der Waals surface area (Å²) in [4.78, 5) is 16.1. The van der Waals surface area contributed by atoms with Crippen LogP contribution in [0, 0.1) is 0 Å². The van der Waals surface area contributed by atoms with E-state index in [2.05, 4.69) is 30.9 Å². The monoisotopic (exact) mass is 232 g/mol. The van der Waals surface area contributed by atoms with Crippen LogP contribution < -0.4 is 9.80 Å². The Hall–Kier alpha value is -1.51. The molecule has 3 heteroatoms. The second-order valence-electron chi connectivity index (χ2n) is 4.31. The van der Waals surface area contributed by atoms with Crippen LogP contribution in [0.1, 0.15) is 26.7 Å². The van der Waals surface area contributed by atoms with Crippen molar-refractivity contribution in [3.8, 4) is 0 Å². The molecule has 0 bridgehead atoms. The van der Waals surface area contributed by atoms with Gasteiger partial charge in [-0.05, 0) is 32.4 Å². The molecule has 1 fully saturated rings. The fourth-order valence-corrected chi connectivity index (χ4v) is 2.43. The van der Waals surface area contributed by atoms with E-state index in [4.69, 9.17) is 0 Å². The number of benzene rings is 1. The summed E-state index contributed by atoms with van der Waals surface area (Å²) >= 11 is 0. The van der Waals surface area contributed by atoms with Gasteiger partial charge in [-0.1, -0.05) is 12.1 Å². The summed E-state index contributed by atoms with van der Waals surface area (Å²) in [5.41, 5.74) is 2.24. The average Bonchev–Trinajstić information content (AvgIpc) is 2.78. The molecule has 0 aliphatic carbocycles. The Morgan fingerprint density at radius 3 is 2.53 bits per heavy atom. The molecule has 1 aliphatic heterocycles. The quantitative estimate of drug-likeness (QED) is 0.796. The van der Waals surface area contributed by atoms with Gasteiger partial charge >= 0.3 is 0 Å². The smallest absolute Gasteiger partial charge is 0.227 e. The third-order valence-electron chi connectivity index (χ3n) is 3.35. The zero-order valence-electron chi connectivity index (χ0n) is 10.6. The van der Waals surface area contributed by atoms with Crippen molar-refractivity contribution < 1.29 is 4.79 Å². The predicted molar refractivity (Wildman–Crippen MR) is 71.6 cm³/mol. The van der Waals surface area contributed by atoms with Crippen LogP contribution in [0.2, 0.25) is 0 Å². The molecule has 0 spiro atoms.